The molecule has 4 rings (SSSR count). The zero-order valence-electron chi connectivity index (χ0n) is 16.8. The van der Waals surface area contributed by atoms with E-state index >= 15 is 0 Å². The molecule has 0 unspecified atom stereocenters. The number of thiazole rings is 1. The number of nitrogens with zero attached hydrogens (tertiary/aromatic N) is 2. The third kappa shape index (κ3) is 5.36. The minimum atomic E-state index is -3.75. The fraction of sp³-hybridized carbons (Fsp3) is 0.0952. The molecule has 0 spiro atoms. The molecule has 0 aliphatic carbocycles. The first-order chi connectivity index (χ1) is 15.4. The summed E-state index contributed by atoms with van der Waals surface area (Å²) in [5.41, 5.74) is 1.79. The van der Waals surface area contributed by atoms with Crippen LogP contribution in [-0.2, 0) is 15.8 Å². The first kappa shape index (κ1) is 22.1. The molecule has 1 amide bonds. The van der Waals surface area contributed by atoms with Gasteiger partial charge in [-0.1, -0.05) is 17.3 Å². The number of sulfonamides is 1. The van der Waals surface area contributed by atoms with Gasteiger partial charge in [-0.25, -0.2) is 13.4 Å². The van der Waals surface area contributed by atoms with Crippen LogP contribution in [0.3, 0.4) is 0 Å². The Morgan fingerprint density at radius 3 is 2.62 bits per heavy atom. The summed E-state index contributed by atoms with van der Waals surface area (Å²) in [5, 5.41) is 8.75. The number of nitrogens with one attached hydrogen (secondary N) is 2. The molecule has 2 N–H and O–H groups in total. The van der Waals surface area contributed by atoms with Crippen LogP contribution in [0.1, 0.15) is 21.8 Å². The van der Waals surface area contributed by atoms with Crippen molar-refractivity contribution in [3.63, 3.8) is 0 Å². The summed E-state index contributed by atoms with van der Waals surface area (Å²) in [6.07, 6.45) is 1.52. The number of anilines is 2. The normalized spacial score (nSPS) is 11.3. The number of amides is 1. The van der Waals surface area contributed by atoms with Gasteiger partial charge in [-0.05, 0) is 43.3 Å². The topological polar surface area (TPSA) is 114 Å². The first-order valence-electron chi connectivity index (χ1n) is 9.38. The van der Waals surface area contributed by atoms with Crippen LogP contribution in [0.25, 0.3) is 0 Å². The maximum absolute atomic E-state index is 12.8. The Kier molecular flexibility index (Phi) is 6.58. The Bertz CT molecular complexity index is 1320. The quantitative estimate of drug-likeness (QED) is 0.344. The van der Waals surface area contributed by atoms with Crippen LogP contribution in [-0.4, -0.2) is 24.5 Å². The Hall–Kier alpha value is -3.15. The molecule has 2 aromatic heterocycles. The van der Waals surface area contributed by atoms with Crippen molar-refractivity contribution in [1.29, 1.82) is 0 Å². The molecule has 4 aromatic rings. The van der Waals surface area contributed by atoms with Crippen molar-refractivity contribution in [2.45, 2.75) is 22.5 Å². The van der Waals surface area contributed by atoms with E-state index in [1.807, 2.05) is 25.1 Å². The third-order valence-corrected chi connectivity index (χ3v) is 7.54. The highest BCUT2D eigenvalue weighted by Crippen LogP contribution is 2.27. The Morgan fingerprint density at radius 1 is 1.16 bits per heavy atom. The molecule has 2 aromatic carbocycles. The molecule has 0 fully saturated rings. The van der Waals surface area contributed by atoms with Gasteiger partial charge in [-0.15, -0.1) is 23.1 Å². The summed E-state index contributed by atoms with van der Waals surface area (Å²) in [5.74, 6) is 1.01. The van der Waals surface area contributed by atoms with Crippen molar-refractivity contribution in [2.24, 2.45) is 0 Å². The van der Waals surface area contributed by atoms with E-state index in [4.69, 9.17) is 4.52 Å². The van der Waals surface area contributed by atoms with Crippen molar-refractivity contribution in [1.82, 2.24) is 10.1 Å². The predicted molar refractivity (Wildman–Crippen MR) is 125 cm³/mol. The molecule has 0 saturated heterocycles. The Balaban J connectivity index is 1.44. The second kappa shape index (κ2) is 9.55. The summed E-state index contributed by atoms with van der Waals surface area (Å²) >= 11 is 2.67. The van der Waals surface area contributed by atoms with Gasteiger partial charge < -0.3 is 9.84 Å². The third-order valence-electron chi connectivity index (χ3n) is 4.26. The van der Waals surface area contributed by atoms with Gasteiger partial charge in [0.25, 0.3) is 15.9 Å². The standard InChI is InChI=1S/C21H18N4O4S3/c1-14-12-16(24-29-14)13-31-19-5-3-2-4-18(19)20(26)23-15-6-8-17(9-7-15)32(27,28)25-21-22-10-11-30-21/h2-12H,13H2,1H3,(H,22,25)(H,23,26). The van der Waals surface area contributed by atoms with Crippen LogP contribution >= 0.6 is 23.1 Å². The number of thioether (sulfide) groups is 1. The van der Waals surface area contributed by atoms with Crippen LogP contribution in [0.15, 0.2) is 80.5 Å². The molecule has 0 aliphatic heterocycles. The van der Waals surface area contributed by atoms with Crippen LogP contribution in [0.5, 0.6) is 0 Å². The van der Waals surface area contributed by atoms with Gasteiger partial charge in [0.15, 0.2) is 5.13 Å². The van der Waals surface area contributed by atoms with Gasteiger partial charge >= 0.3 is 0 Å². The molecule has 0 atom stereocenters. The average molecular weight is 487 g/mol. The zero-order chi connectivity index (χ0) is 22.6. The average Bonchev–Trinajstić information content (AvgIpc) is 3.44. The lowest BCUT2D eigenvalue weighted by molar-refractivity contribution is 0.102. The SMILES string of the molecule is Cc1cc(CSc2ccccc2C(=O)Nc2ccc(S(=O)(=O)Nc3nccs3)cc2)no1. The zero-order valence-corrected chi connectivity index (χ0v) is 19.3. The minimum Gasteiger partial charge on any atom is -0.361 e. The molecule has 2 heterocycles. The van der Waals surface area contributed by atoms with Crippen LogP contribution in [0.4, 0.5) is 10.8 Å². The predicted octanol–water partition coefficient (Wildman–Crippen LogP) is 4.78. The van der Waals surface area contributed by atoms with Gasteiger partial charge in [0.1, 0.15) is 5.76 Å². The highest BCUT2D eigenvalue weighted by atomic mass is 32.2. The second-order valence-electron chi connectivity index (χ2n) is 6.63. The molecule has 11 heteroatoms. The van der Waals surface area contributed by atoms with E-state index < -0.39 is 10.0 Å². The molecule has 0 bridgehead atoms. The van der Waals surface area contributed by atoms with E-state index in [0.29, 0.717) is 17.0 Å². The molecular formula is C21H18N4O4S3. The summed E-state index contributed by atoms with van der Waals surface area (Å²) in [6.45, 7) is 1.83. The lowest BCUT2D eigenvalue weighted by Crippen LogP contribution is -2.14. The molecule has 0 saturated carbocycles. The summed E-state index contributed by atoms with van der Waals surface area (Å²) < 4.78 is 32.4. The number of hydrogen-bond acceptors (Lipinski definition) is 8. The fourth-order valence-corrected chi connectivity index (χ4v) is 5.50. The summed E-state index contributed by atoms with van der Waals surface area (Å²) in [4.78, 5) is 17.6. The second-order valence-corrected chi connectivity index (χ2v) is 10.2. The van der Waals surface area contributed by atoms with Gasteiger partial charge in [-0.2, -0.15) is 0 Å². The number of aromatic nitrogens is 2. The molecular weight excluding hydrogens is 468 g/mol. The number of carbonyl (C=O) groups is 1. The van der Waals surface area contributed by atoms with Crippen molar-refractivity contribution in [3.8, 4) is 0 Å². The van der Waals surface area contributed by atoms with E-state index in [9.17, 15) is 13.2 Å². The maximum atomic E-state index is 12.8. The number of carbonyl (C=O) groups excluding carboxylic acids is 1. The van der Waals surface area contributed by atoms with Crippen molar-refractivity contribution >= 4 is 49.8 Å². The highest BCUT2D eigenvalue weighted by molar-refractivity contribution is 7.98. The minimum absolute atomic E-state index is 0.0737. The van der Waals surface area contributed by atoms with Crippen molar-refractivity contribution in [2.75, 3.05) is 10.0 Å². The van der Waals surface area contributed by atoms with Gasteiger partial charge in [0, 0.05) is 34.0 Å². The molecule has 164 valence electrons. The fourth-order valence-electron chi connectivity index (χ4n) is 2.78. The van der Waals surface area contributed by atoms with Crippen LogP contribution in [0, 0.1) is 6.92 Å². The van der Waals surface area contributed by atoms with E-state index in [2.05, 4.69) is 20.2 Å². The lowest BCUT2D eigenvalue weighted by Gasteiger charge is -2.10. The molecule has 0 aliphatic rings. The Morgan fingerprint density at radius 2 is 1.94 bits per heavy atom. The lowest BCUT2D eigenvalue weighted by atomic mass is 10.2. The molecule has 8 nitrogen and oxygen atoms in total. The van der Waals surface area contributed by atoms with Gasteiger partial charge in [-0.3, -0.25) is 9.52 Å². The van der Waals surface area contributed by atoms with E-state index in [1.54, 1.807) is 29.6 Å². The first-order valence-corrected chi connectivity index (χ1v) is 12.7. The van der Waals surface area contributed by atoms with E-state index in [0.717, 1.165) is 16.3 Å². The maximum Gasteiger partial charge on any atom is 0.263 e. The van der Waals surface area contributed by atoms with Gasteiger partial charge in [0.05, 0.1) is 16.2 Å². The number of hydrogen-bond donors (Lipinski definition) is 2. The van der Waals surface area contributed by atoms with Crippen LogP contribution < -0.4 is 10.0 Å². The van der Waals surface area contributed by atoms with Crippen LogP contribution in [0.2, 0.25) is 0 Å². The van der Waals surface area contributed by atoms with Crippen molar-refractivity contribution in [3.05, 3.63) is 83.2 Å². The number of rotatable bonds is 8. The highest BCUT2D eigenvalue weighted by Gasteiger charge is 2.17. The van der Waals surface area contributed by atoms with Gasteiger partial charge in [0.2, 0.25) is 0 Å². The smallest absolute Gasteiger partial charge is 0.263 e. The van der Waals surface area contributed by atoms with Crippen molar-refractivity contribution < 1.29 is 17.7 Å². The monoisotopic (exact) mass is 486 g/mol. The summed E-state index contributed by atoms with van der Waals surface area (Å²) in [6, 6.07) is 15.1. The largest absolute Gasteiger partial charge is 0.361 e. The number of aryl methyl sites for hydroxylation is 1. The number of benzene rings is 2. The van der Waals surface area contributed by atoms with E-state index in [1.165, 1.54) is 41.4 Å². The molecule has 0 radical (unpaired) electrons. The van der Waals surface area contributed by atoms with E-state index in [-0.39, 0.29) is 15.9 Å². The summed E-state index contributed by atoms with van der Waals surface area (Å²) in [7, 11) is -3.75. The Labute approximate surface area is 193 Å². The molecule has 32 heavy (non-hydrogen) atoms.